The first kappa shape index (κ1) is 18.0. The van der Waals surface area contributed by atoms with E-state index in [-0.39, 0.29) is 0 Å². The van der Waals surface area contributed by atoms with Gasteiger partial charge in [0.2, 0.25) is 0 Å². The van der Waals surface area contributed by atoms with E-state index in [2.05, 4.69) is 64.5 Å². The maximum absolute atomic E-state index is 4.66. The summed E-state index contributed by atoms with van der Waals surface area (Å²) in [6.07, 6.45) is 5.66. The van der Waals surface area contributed by atoms with Crippen molar-refractivity contribution in [1.29, 1.82) is 0 Å². The van der Waals surface area contributed by atoms with Gasteiger partial charge in [-0.05, 0) is 63.2 Å². The Hall–Kier alpha value is -2.02. The lowest BCUT2D eigenvalue weighted by molar-refractivity contribution is 0.157. The van der Waals surface area contributed by atoms with Gasteiger partial charge in [-0.15, -0.1) is 22.7 Å². The highest BCUT2D eigenvalue weighted by atomic mass is 32.1. The van der Waals surface area contributed by atoms with Crippen LogP contribution in [0.5, 0.6) is 0 Å². The Kier molecular flexibility index (Phi) is 4.78. The molecule has 3 aromatic heterocycles. The fourth-order valence-electron chi connectivity index (χ4n) is 4.50. The van der Waals surface area contributed by atoms with Crippen LogP contribution in [0, 0.1) is 0 Å². The summed E-state index contributed by atoms with van der Waals surface area (Å²) < 4.78 is 1.22. The number of fused-ring (bicyclic) bond motifs is 2. The highest BCUT2D eigenvalue weighted by Gasteiger charge is 2.30. The van der Waals surface area contributed by atoms with E-state index in [1.165, 1.54) is 40.8 Å². The van der Waals surface area contributed by atoms with Crippen molar-refractivity contribution < 1.29 is 0 Å². The molecule has 4 heterocycles. The summed E-state index contributed by atoms with van der Waals surface area (Å²) in [5.41, 5.74) is 5.14. The lowest BCUT2D eigenvalue weighted by atomic mass is 9.86. The van der Waals surface area contributed by atoms with E-state index >= 15 is 0 Å². The second-order valence-corrected chi connectivity index (χ2v) is 9.54. The number of pyridine rings is 1. The second kappa shape index (κ2) is 7.43. The molecule has 1 aromatic carbocycles. The van der Waals surface area contributed by atoms with E-state index in [9.17, 15) is 0 Å². The van der Waals surface area contributed by atoms with Gasteiger partial charge in [0.05, 0.1) is 21.4 Å². The quantitative estimate of drug-likeness (QED) is 0.434. The number of piperidine rings is 1. The van der Waals surface area contributed by atoms with Crippen molar-refractivity contribution in [2.45, 2.75) is 38.1 Å². The zero-order valence-corrected chi connectivity index (χ0v) is 17.8. The van der Waals surface area contributed by atoms with E-state index < -0.39 is 0 Å². The Morgan fingerprint density at radius 2 is 2.14 bits per heavy atom. The standard InChI is InChI=1S/C22H24N4S2/c1-3-19-15(5-4-10-26(19)2)21-12-16-17(8-9-23-22(16)28-21)25-14-6-7-20-18(11-14)24-13-27-20/h6-9,11-13,15,19H,3-5,10H2,1-2H3,(H,23,25)/t15-,19+/m1/s1. The molecule has 5 rings (SSSR count). The van der Waals surface area contributed by atoms with Crippen molar-refractivity contribution in [3.63, 3.8) is 0 Å². The summed E-state index contributed by atoms with van der Waals surface area (Å²) in [5.74, 6) is 0.613. The third kappa shape index (κ3) is 3.19. The van der Waals surface area contributed by atoms with Crippen LogP contribution < -0.4 is 5.32 Å². The SMILES string of the molecule is CC[C@H]1[C@H](c2cc3c(Nc4ccc5scnc5c4)ccnc3s2)CCCN1C. The number of nitrogens with zero attached hydrogens (tertiary/aromatic N) is 3. The monoisotopic (exact) mass is 408 g/mol. The molecular formula is C22H24N4S2. The number of aromatic nitrogens is 2. The highest BCUT2D eigenvalue weighted by molar-refractivity contribution is 7.18. The van der Waals surface area contributed by atoms with Crippen molar-refractivity contribution in [2.24, 2.45) is 0 Å². The second-order valence-electron chi connectivity index (χ2n) is 7.59. The number of likely N-dealkylation sites (N-methyl/N-ethyl adjacent to an activating group) is 1. The van der Waals surface area contributed by atoms with E-state index in [1.54, 1.807) is 11.3 Å². The van der Waals surface area contributed by atoms with Gasteiger partial charge in [0.15, 0.2) is 0 Å². The molecule has 2 atom stereocenters. The fraction of sp³-hybridized carbons (Fsp3) is 0.364. The molecule has 1 N–H and O–H groups in total. The van der Waals surface area contributed by atoms with Crippen LogP contribution in [0.2, 0.25) is 0 Å². The largest absolute Gasteiger partial charge is 0.355 e. The fourth-order valence-corrected chi connectivity index (χ4v) is 6.37. The normalized spacial score (nSPS) is 20.8. The number of rotatable bonds is 4. The predicted molar refractivity (Wildman–Crippen MR) is 121 cm³/mol. The number of hydrogen-bond donors (Lipinski definition) is 1. The van der Waals surface area contributed by atoms with Crippen molar-refractivity contribution in [1.82, 2.24) is 14.9 Å². The third-order valence-electron chi connectivity index (χ3n) is 5.90. The Bertz CT molecular complexity index is 1120. The van der Waals surface area contributed by atoms with E-state index in [0.717, 1.165) is 21.7 Å². The molecule has 28 heavy (non-hydrogen) atoms. The first-order valence-electron chi connectivity index (χ1n) is 9.92. The lowest BCUT2D eigenvalue weighted by Gasteiger charge is -2.38. The number of benzene rings is 1. The minimum absolute atomic E-state index is 0.613. The first-order valence-corrected chi connectivity index (χ1v) is 11.6. The van der Waals surface area contributed by atoms with Crippen LogP contribution in [-0.4, -0.2) is 34.5 Å². The first-order chi connectivity index (χ1) is 13.7. The number of thiophene rings is 1. The van der Waals surface area contributed by atoms with Crippen LogP contribution in [0.15, 0.2) is 42.0 Å². The maximum Gasteiger partial charge on any atom is 0.125 e. The highest BCUT2D eigenvalue weighted by Crippen LogP contribution is 2.41. The van der Waals surface area contributed by atoms with Crippen LogP contribution in [0.4, 0.5) is 11.4 Å². The van der Waals surface area contributed by atoms with Gasteiger partial charge in [-0.25, -0.2) is 9.97 Å². The predicted octanol–water partition coefficient (Wildman–Crippen LogP) is 6.24. The Morgan fingerprint density at radius 1 is 1.21 bits per heavy atom. The number of nitrogens with one attached hydrogen (secondary N) is 1. The van der Waals surface area contributed by atoms with Gasteiger partial charge in [0.1, 0.15) is 4.83 Å². The molecule has 1 fully saturated rings. The van der Waals surface area contributed by atoms with Crippen molar-refractivity contribution in [3.8, 4) is 0 Å². The van der Waals surface area contributed by atoms with Gasteiger partial charge in [-0.1, -0.05) is 6.92 Å². The number of likely N-dealkylation sites (tertiary alicyclic amines) is 1. The molecular weight excluding hydrogens is 384 g/mol. The number of thiazole rings is 1. The summed E-state index contributed by atoms with van der Waals surface area (Å²) in [5, 5.41) is 4.83. The molecule has 1 aliphatic heterocycles. The summed E-state index contributed by atoms with van der Waals surface area (Å²) in [6, 6.07) is 11.5. The third-order valence-corrected chi connectivity index (χ3v) is 7.89. The topological polar surface area (TPSA) is 41.1 Å². The van der Waals surface area contributed by atoms with Crippen molar-refractivity contribution in [2.75, 3.05) is 18.9 Å². The maximum atomic E-state index is 4.66. The van der Waals surface area contributed by atoms with Gasteiger partial charge in [0.25, 0.3) is 0 Å². The van der Waals surface area contributed by atoms with Crippen LogP contribution in [0.25, 0.3) is 20.4 Å². The van der Waals surface area contributed by atoms with Gasteiger partial charge < -0.3 is 10.2 Å². The molecule has 144 valence electrons. The Morgan fingerprint density at radius 3 is 3.04 bits per heavy atom. The Labute approximate surface area is 173 Å². The van der Waals surface area contributed by atoms with Gasteiger partial charge in [0, 0.05) is 34.1 Å². The average Bonchev–Trinajstić information content (AvgIpc) is 3.34. The van der Waals surface area contributed by atoms with E-state index in [1.807, 2.05) is 23.0 Å². The molecule has 1 aliphatic rings. The average molecular weight is 409 g/mol. The summed E-state index contributed by atoms with van der Waals surface area (Å²) >= 11 is 3.54. The molecule has 1 saturated heterocycles. The van der Waals surface area contributed by atoms with Crippen molar-refractivity contribution in [3.05, 3.63) is 46.9 Å². The molecule has 4 nitrogen and oxygen atoms in total. The summed E-state index contributed by atoms with van der Waals surface area (Å²) in [6.45, 7) is 3.52. The molecule has 0 saturated carbocycles. The number of hydrogen-bond acceptors (Lipinski definition) is 6. The van der Waals surface area contributed by atoms with Crippen LogP contribution in [0.1, 0.15) is 37.0 Å². The molecule has 0 amide bonds. The zero-order chi connectivity index (χ0) is 19.1. The molecule has 0 radical (unpaired) electrons. The minimum Gasteiger partial charge on any atom is -0.355 e. The molecule has 0 aliphatic carbocycles. The number of anilines is 2. The van der Waals surface area contributed by atoms with E-state index in [4.69, 9.17) is 0 Å². The summed E-state index contributed by atoms with van der Waals surface area (Å²) in [4.78, 5) is 14.2. The molecule has 6 heteroatoms. The molecule has 0 spiro atoms. The van der Waals surface area contributed by atoms with Crippen LogP contribution in [0.3, 0.4) is 0 Å². The smallest absolute Gasteiger partial charge is 0.125 e. The Balaban J connectivity index is 1.50. The van der Waals surface area contributed by atoms with Crippen molar-refractivity contribution >= 4 is 54.5 Å². The molecule has 0 unspecified atom stereocenters. The van der Waals surface area contributed by atoms with Crippen LogP contribution in [-0.2, 0) is 0 Å². The van der Waals surface area contributed by atoms with Gasteiger partial charge in [-0.2, -0.15) is 0 Å². The van der Waals surface area contributed by atoms with Gasteiger partial charge >= 0.3 is 0 Å². The zero-order valence-electron chi connectivity index (χ0n) is 16.2. The molecule has 4 aromatic rings. The van der Waals surface area contributed by atoms with Gasteiger partial charge in [-0.3, -0.25) is 0 Å². The summed E-state index contributed by atoms with van der Waals surface area (Å²) in [7, 11) is 2.27. The lowest BCUT2D eigenvalue weighted by Crippen LogP contribution is -2.40. The van der Waals surface area contributed by atoms with Crippen LogP contribution >= 0.6 is 22.7 Å². The van der Waals surface area contributed by atoms with E-state index in [0.29, 0.717) is 12.0 Å². The molecule has 0 bridgehead atoms. The minimum atomic E-state index is 0.613.